The summed E-state index contributed by atoms with van der Waals surface area (Å²) in [7, 11) is 0. The Labute approximate surface area is 136 Å². The van der Waals surface area contributed by atoms with E-state index in [2.05, 4.69) is 15.3 Å². The normalized spacial score (nSPS) is 11.9. The summed E-state index contributed by atoms with van der Waals surface area (Å²) in [5, 5.41) is 2.69. The fraction of sp³-hybridized carbons (Fsp3) is 0.143. The monoisotopic (exact) mass is 334 g/mol. The number of aromatic nitrogens is 2. The third kappa shape index (κ3) is 3.16. The van der Waals surface area contributed by atoms with E-state index in [1.165, 1.54) is 6.07 Å². The van der Waals surface area contributed by atoms with Crippen molar-refractivity contribution in [2.45, 2.75) is 6.92 Å². The number of ether oxygens (including phenoxy) is 2. The van der Waals surface area contributed by atoms with E-state index in [4.69, 9.17) is 21.1 Å². The van der Waals surface area contributed by atoms with Crippen molar-refractivity contribution in [3.05, 3.63) is 35.1 Å². The number of benzene rings is 1. The smallest absolute Gasteiger partial charge is 0.335 e. The molecule has 1 aliphatic heterocycles. The molecule has 9 heteroatoms. The summed E-state index contributed by atoms with van der Waals surface area (Å²) < 4.78 is 10.4. The van der Waals surface area contributed by atoms with Gasteiger partial charge in [0, 0.05) is 17.4 Å². The molecule has 23 heavy (non-hydrogen) atoms. The van der Waals surface area contributed by atoms with Crippen LogP contribution < -0.4 is 19.7 Å². The van der Waals surface area contributed by atoms with Crippen LogP contribution in [0.4, 0.5) is 16.4 Å². The van der Waals surface area contributed by atoms with Crippen LogP contribution in [-0.2, 0) is 4.79 Å². The summed E-state index contributed by atoms with van der Waals surface area (Å²) in [4.78, 5) is 32.1. The summed E-state index contributed by atoms with van der Waals surface area (Å²) in [6.45, 7) is 1.80. The quantitative estimate of drug-likeness (QED) is 0.684. The highest BCUT2D eigenvalue weighted by Crippen LogP contribution is 2.34. The average molecular weight is 335 g/mol. The molecular weight excluding hydrogens is 324 g/mol. The molecule has 0 radical (unpaired) electrons. The molecule has 3 rings (SSSR count). The number of fused-ring (bicyclic) bond motifs is 1. The third-order valence-corrected chi connectivity index (χ3v) is 3.17. The summed E-state index contributed by atoms with van der Waals surface area (Å²) in [6.07, 6.45) is 0.313. The van der Waals surface area contributed by atoms with Gasteiger partial charge in [0.25, 0.3) is 0 Å². The van der Waals surface area contributed by atoms with Gasteiger partial charge in [-0.15, -0.1) is 0 Å². The van der Waals surface area contributed by atoms with Crippen LogP contribution in [0.5, 0.6) is 11.5 Å². The lowest BCUT2D eigenvalue weighted by Crippen LogP contribution is -2.35. The van der Waals surface area contributed by atoms with E-state index < -0.39 is 6.03 Å². The van der Waals surface area contributed by atoms with Crippen LogP contribution >= 0.6 is 11.6 Å². The first-order valence-electron chi connectivity index (χ1n) is 6.53. The fourth-order valence-corrected chi connectivity index (χ4v) is 2.20. The number of hydrogen-bond donors (Lipinski definition) is 1. The molecule has 0 spiro atoms. The van der Waals surface area contributed by atoms with Crippen LogP contribution in [0.2, 0.25) is 5.15 Å². The zero-order valence-electron chi connectivity index (χ0n) is 11.9. The molecule has 0 atom stereocenters. The molecule has 0 bridgehead atoms. The lowest BCUT2D eigenvalue weighted by molar-refractivity contribution is -0.106. The summed E-state index contributed by atoms with van der Waals surface area (Å²) >= 11 is 5.82. The molecule has 2 aromatic rings. The molecule has 1 aliphatic rings. The van der Waals surface area contributed by atoms with E-state index in [0.29, 0.717) is 29.3 Å². The molecule has 0 aliphatic carbocycles. The molecule has 0 saturated carbocycles. The standard InChI is InChI=1S/C14H11ClN4O4/c1-8-4-12(15)18-13(16-8)19(6-20)14(21)17-9-2-3-10-11(5-9)23-7-22-10/h2-6H,7H2,1H3,(H,17,21). The number of carbonyl (C=O) groups is 2. The number of imide groups is 1. The molecule has 1 N–H and O–H groups in total. The van der Waals surface area contributed by atoms with Gasteiger partial charge in [-0.1, -0.05) is 11.6 Å². The van der Waals surface area contributed by atoms with E-state index in [0.717, 1.165) is 4.90 Å². The Bertz CT molecular complexity index is 763. The number of urea groups is 1. The van der Waals surface area contributed by atoms with Gasteiger partial charge in [-0.2, -0.15) is 0 Å². The Balaban J connectivity index is 1.81. The van der Waals surface area contributed by atoms with Crippen LogP contribution in [0, 0.1) is 6.92 Å². The van der Waals surface area contributed by atoms with E-state index in [9.17, 15) is 9.59 Å². The minimum atomic E-state index is -0.722. The second-order valence-electron chi connectivity index (χ2n) is 4.61. The number of aryl methyl sites for hydroxylation is 1. The number of carbonyl (C=O) groups excluding carboxylic acids is 2. The number of amides is 3. The highest BCUT2D eigenvalue weighted by Gasteiger charge is 2.20. The SMILES string of the molecule is Cc1cc(Cl)nc(N(C=O)C(=O)Nc2ccc3c(c2)OCO3)n1. The number of nitrogens with one attached hydrogen (secondary N) is 1. The van der Waals surface area contributed by atoms with Gasteiger partial charge in [-0.25, -0.2) is 19.7 Å². The lowest BCUT2D eigenvalue weighted by Gasteiger charge is -2.15. The van der Waals surface area contributed by atoms with Crippen molar-refractivity contribution in [3.8, 4) is 11.5 Å². The van der Waals surface area contributed by atoms with Gasteiger partial charge in [0.2, 0.25) is 19.2 Å². The zero-order valence-corrected chi connectivity index (χ0v) is 12.7. The zero-order chi connectivity index (χ0) is 16.4. The Morgan fingerprint density at radius 1 is 1.30 bits per heavy atom. The number of halogens is 1. The Morgan fingerprint density at radius 2 is 2.09 bits per heavy atom. The first-order valence-corrected chi connectivity index (χ1v) is 6.91. The van der Waals surface area contributed by atoms with Crippen molar-refractivity contribution >= 4 is 35.7 Å². The molecule has 118 valence electrons. The van der Waals surface area contributed by atoms with Crippen LogP contribution in [0.25, 0.3) is 0 Å². The number of nitrogens with zero attached hydrogens (tertiary/aromatic N) is 3. The lowest BCUT2D eigenvalue weighted by atomic mass is 10.3. The molecule has 0 fully saturated rings. The minimum absolute atomic E-state index is 0.108. The molecule has 1 aromatic heterocycles. The van der Waals surface area contributed by atoms with Gasteiger partial charge in [-0.3, -0.25) is 4.79 Å². The predicted molar refractivity (Wildman–Crippen MR) is 81.9 cm³/mol. The molecule has 0 saturated heterocycles. The highest BCUT2D eigenvalue weighted by molar-refractivity contribution is 6.29. The second-order valence-corrected chi connectivity index (χ2v) is 4.99. The van der Waals surface area contributed by atoms with Crippen LogP contribution in [-0.4, -0.2) is 29.2 Å². The molecule has 1 aromatic carbocycles. The molecule has 2 heterocycles. The van der Waals surface area contributed by atoms with Crippen molar-refractivity contribution in [3.63, 3.8) is 0 Å². The largest absolute Gasteiger partial charge is 0.454 e. The first-order chi connectivity index (χ1) is 11.1. The van der Waals surface area contributed by atoms with Crippen LogP contribution in [0.1, 0.15) is 5.69 Å². The summed E-state index contributed by atoms with van der Waals surface area (Å²) in [5.41, 5.74) is 0.965. The maximum Gasteiger partial charge on any atom is 0.335 e. The van der Waals surface area contributed by atoms with Gasteiger partial charge in [0.15, 0.2) is 11.5 Å². The Kier molecular flexibility index (Phi) is 3.98. The maximum atomic E-state index is 12.3. The summed E-state index contributed by atoms with van der Waals surface area (Å²) in [5.74, 6) is 0.989. The van der Waals surface area contributed by atoms with Crippen molar-refractivity contribution in [2.75, 3.05) is 17.0 Å². The van der Waals surface area contributed by atoms with Crippen molar-refractivity contribution < 1.29 is 19.1 Å². The molecule has 8 nitrogen and oxygen atoms in total. The van der Waals surface area contributed by atoms with Crippen molar-refractivity contribution in [2.24, 2.45) is 0 Å². The average Bonchev–Trinajstić information content (AvgIpc) is 2.94. The van der Waals surface area contributed by atoms with E-state index in [1.807, 2.05) is 0 Å². The van der Waals surface area contributed by atoms with Crippen LogP contribution in [0.15, 0.2) is 24.3 Å². The van der Waals surface area contributed by atoms with Gasteiger partial charge in [0.05, 0.1) is 0 Å². The summed E-state index contributed by atoms with van der Waals surface area (Å²) in [6, 6.07) is 5.67. The van der Waals surface area contributed by atoms with Gasteiger partial charge < -0.3 is 14.8 Å². The van der Waals surface area contributed by atoms with E-state index >= 15 is 0 Å². The first kappa shape index (κ1) is 15.0. The molecular formula is C14H11ClN4O4. The van der Waals surface area contributed by atoms with Gasteiger partial charge in [-0.05, 0) is 25.1 Å². The highest BCUT2D eigenvalue weighted by atomic mass is 35.5. The van der Waals surface area contributed by atoms with E-state index in [1.54, 1.807) is 25.1 Å². The predicted octanol–water partition coefficient (Wildman–Crippen LogP) is 2.36. The van der Waals surface area contributed by atoms with Gasteiger partial charge >= 0.3 is 6.03 Å². The third-order valence-electron chi connectivity index (χ3n) is 2.97. The molecule has 3 amide bonds. The second kappa shape index (κ2) is 6.09. The van der Waals surface area contributed by atoms with Crippen molar-refractivity contribution in [1.29, 1.82) is 0 Å². The van der Waals surface area contributed by atoms with Crippen LogP contribution in [0.3, 0.4) is 0 Å². The fourth-order valence-electron chi connectivity index (χ4n) is 1.97. The number of hydrogen-bond acceptors (Lipinski definition) is 6. The van der Waals surface area contributed by atoms with E-state index in [-0.39, 0.29) is 17.9 Å². The Hall–Kier alpha value is -2.87. The van der Waals surface area contributed by atoms with Crippen molar-refractivity contribution in [1.82, 2.24) is 9.97 Å². The van der Waals surface area contributed by atoms with Gasteiger partial charge in [0.1, 0.15) is 5.15 Å². The maximum absolute atomic E-state index is 12.3. The number of anilines is 2. The minimum Gasteiger partial charge on any atom is -0.454 e. The Morgan fingerprint density at radius 3 is 2.83 bits per heavy atom. The topological polar surface area (TPSA) is 93.7 Å². The number of rotatable bonds is 3. The molecule has 0 unspecified atom stereocenters.